The normalized spacial score (nSPS) is 18.1. The van der Waals surface area contributed by atoms with Crippen LogP contribution < -0.4 is 4.74 Å². The highest BCUT2D eigenvalue weighted by atomic mass is 19.1. The number of nitriles is 1. The van der Waals surface area contributed by atoms with E-state index >= 15 is 0 Å². The molecule has 10 heteroatoms. The highest BCUT2D eigenvalue weighted by Crippen LogP contribution is 2.34. The number of aromatic carboxylic acids is 1. The average Bonchev–Trinajstić information content (AvgIpc) is 3.20. The molecular weight excluding hydrogens is 513 g/mol. The molecule has 1 atom stereocenters. The zero-order valence-corrected chi connectivity index (χ0v) is 21.8. The molecule has 0 spiro atoms. The summed E-state index contributed by atoms with van der Waals surface area (Å²) in [6, 6.07) is 17.0. The van der Waals surface area contributed by atoms with E-state index < -0.39 is 11.8 Å². The summed E-state index contributed by atoms with van der Waals surface area (Å²) >= 11 is 0. The second-order valence-electron chi connectivity index (χ2n) is 10.1. The maximum atomic E-state index is 14.2. The molecule has 1 fully saturated rings. The van der Waals surface area contributed by atoms with E-state index in [-0.39, 0.29) is 29.7 Å². The monoisotopic (exact) mass is 541 g/mol. The first-order valence-corrected chi connectivity index (χ1v) is 13.3. The van der Waals surface area contributed by atoms with Gasteiger partial charge in [-0.15, -0.1) is 0 Å². The van der Waals surface area contributed by atoms with Crippen LogP contribution in [0.2, 0.25) is 0 Å². The Morgan fingerprint density at radius 3 is 2.75 bits per heavy atom. The number of benzene rings is 2. The van der Waals surface area contributed by atoms with Crippen molar-refractivity contribution in [3.8, 4) is 11.9 Å². The molecule has 2 aromatic heterocycles. The summed E-state index contributed by atoms with van der Waals surface area (Å²) < 4.78 is 28.1. The minimum Gasteiger partial charge on any atom is -0.478 e. The van der Waals surface area contributed by atoms with E-state index in [0.29, 0.717) is 31.2 Å². The van der Waals surface area contributed by atoms with Crippen molar-refractivity contribution in [2.45, 2.75) is 38.0 Å². The third-order valence-corrected chi connectivity index (χ3v) is 7.75. The molecule has 0 aliphatic carbocycles. The van der Waals surface area contributed by atoms with E-state index in [1.54, 1.807) is 36.4 Å². The predicted octanol–water partition coefficient (Wildman–Crippen LogP) is 4.67. The lowest BCUT2D eigenvalue weighted by Gasteiger charge is -2.36. The van der Waals surface area contributed by atoms with Gasteiger partial charge in [-0.05, 0) is 62.3 Å². The summed E-state index contributed by atoms with van der Waals surface area (Å²) in [5.74, 6) is 0.189. The predicted molar refractivity (Wildman–Crippen MR) is 143 cm³/mol. The number of rotatable bonds is 6. The summed E-state index contributed by atoms with van der Waals surface area (Å²) in [5.41, 5.74) is 3.45. The first kappa shape index (κ1) is 25.9. The maximum absolute atomic E-state index is 14.2. The van der Waals surface area contributed by atoms with Crippen LogP contribution in [0.15, 0.2) is 54.6 Å². The number of fused-ring (bicyclic) bond motifs is 3. The van der Waals surface area contributed by atoms with Crippen molar-refractivity contribution >= 4 is 17.0 Å². The number of halogens is 1. The number of nitrogens with zero attached hydrogens (tertiary/aromatic N) is 5. The van der Waals surface area contributed by atoms with Crippen LogP contribution in [0.1, 0.15) is 57.8 Å². The molecule has 1 N–H and O–H groups in total. The number of hydrogen-bond acceptors (Lipinski definition) is 7. The summed E-state index contributed by atoms with van der Waals surface area (Å²) in [6.45, 7) is 3.42. The van der Waals surface area contributed by atoms with Crippen LogP contribution >= 0.6 is 0 Å². The molecule has 204 valence electrons. The van der Waals surface area contributed by atoms with Crippen LogP contribution in [0.4, 0.5) is 4.39 Å². The van der Waals surface area contributed by atoms with E-state index in [1.165, 1.54) is 6.07 Å². The Balaban J connectivity index is 1.13. The fourth-order valence-electron chi connectivity index (χ4n) is 5.59. The van der Waals surface area contributed by atoms with Gasteiger partial charge in [0.05, 0.1) is 47.5 Å². The molecule has 6 rings (SSSR count). The fraction of sp³-hybridized carbons (Fsp3) is 0.333. The number of likely N-dealkylation sites (tertiary alicyclic amines) is 1. The molecule has 2 aliphatic rings. The van der Waals surface area contributed by atoms with E-state index in [1.807, 2.05) is 18.2 Å². The van der Waals surface area contributed by atoms with Crippen LogP contribution in [0.25, 0.3) is 11.0 Å². The molecule has 2 aliphatic heterocycles. The number of pyridine rings is 1. The summed E-state index contributed by atoms with van der Waals surface area (Å²) in [4.78, 5) is 23.5. The Morgan fingerprint density at radius 2 is 1.98 bits per heavy atom. The van der Waals surface area contributed by atoms with Crippen LogP contribution in [-0.4, -0.2) is 56.8 Å². The van der Waals surface area contributed by atoms with E-state index in [0.717, 1.165) is 48.5 Å². The first-order valence-electron chi connectivity index (χ1n) is 13.3. The molecule has 1 saturated heterocycles. The number of ether oxygens (including phenoxy) is 2. The highest BCUT2D eigenvalue weighted by Gasteiger charge is 2.32. The quantitative estimate of drug-likeness (QED) is 0.375. The molecule has 4 aromatic rings. The number of carboxylic acid groups (broad SMARTS) is 1. The van der Waals surface area contributed by atoms with Gasteiger partial charge in [-0.2, -0.15) is 5.26 Å². The average molecular weight is 542 g/mol. The number of imidazole rings is 1. The molecule has 0 bridgehead atoms. The van der Waals surface area contributed by atoms with Crippen molar-refractivity contribution in [3.63, 3.8) is 0 Å². The van der Waals surface area contributed by atoms with Crippen molar-refractivity contribution in [2.24, 2.45) is 0 Å². The van der Waals surface area contributed by atoms with E-state index in [2.05, 4.69) is 9.47 Å². The van der Waals surface area contributed by atoms with Gasteiger partial charge in [0.25, 0.3) is 0 Å². The topological polar surface area (TPSA) is 114 Å². The summed E-state index contributed by atoms with van der Waals surface area (Å²) in [5, 5.41) is 18.4. The lowest BCUT2D eigenvalue weighted by Crippen LogP contribution is -2.38. The van der Waals surface area contributed by atoms with Crippen LogP contribution in [0, 0.1) is 17.1 Å². The van der Waals surface area contributed by atoms with Gasteiger partial charge in [0.2, 0.25) is 5.88 Å². The molecule has 0 radical (unpaired) electrons. The molecule has 9 nitrogen and oxygen atoms in total. The number of carbonyl (C=O) groups is 1. The van der Waals surface area contributed by atoms with Gasteiger partial charge < -0.3 is 19.1 Å². The van der Waals surface area contributed by atoms with Crippen LogP contribution in [-0.2, 0) is 17.9 Å². The molecule has 0 saturated carbocycles. The lowest BCUT2D eigenvalue weighted by molar-refractivity contribution is 0.0529. The van der Waals surface area contributed by atoms with Crippen LogP contribution in [0.3, 0.4) is 0 Å². The fourth-order valence-corrected chi connectivity index (χ4v) is 5.59. The SMILES string of the molecule is N#Cc1ccc(COc2cccc(C3CCN(C4COCCn5c4nc4ccc(C(=O)O)cc45)CC3)n2)c(F)c1. The maximum Gasteiger partial charge on any atom is 0.335 e. The largest absolute Gasteiger partial charge is 0.478 e. The zero-order valence-electron chi connectivity index (χ0n) is 21.8. The van der Waals surface area contributed by atoms with Gasteiger partial charge in [-0.25, -0.2) is 19.2 Å². The molecule has 40 heavy (non-hydrogen) atoms. The zero-order chi connectivity index (χ0) is 27.6. The third-order valence-electron chi connectivity index (χ3n) is 7.75. The first-order chi connectivity index (χ1) is 19.5. The third kappa shape index (κ3) is 5.13. The molecule has 0 amide bonds. The van der Waals surface area contributed by atoms with Gasteiger partial charge >= 0.3 is 5.97 Å². The van der Waals surface area contributed by atoms with Crippen molar-refractivity contribution in [1.29, 1.82) is 5.26 Å². The Morgan fingerprint density at radius 1 is 1.12 bits per heavy atom. The van der Waals surface area contributed by atoms with Gasteiger partial charge in [0.15, 0.2) is 0 Å². The Bertz CT molecular complexity index is 1610. The van der Waals surface area contributed by atoms with Crippen LogP contribution in [0.5, 0.6) is 5.88 Å². The summed E-state index contributed by atoms with van der Waals surface area (Å²) in [7, 11) is 0. The van der Waals surface area contributed by atoms with Crippen molar-refractivity contribution in [1.82, 2.24) is 19.4 Å². The second kappa shape index (κ2) is 11.0. The Labute approximate surface area is 230 Å². The smallest absolute Gasteiger partial charge is 0.335 e. The van der Waals surface area contributed by atoms with Gasteiger partial charge in [-0.1, -0.05) is 12.1 Å². The van der Waals surface area contributed by atoms with Gasteiger partial charge in [0, 0.05) is 29.8 Å². The van der Waals surface area contributed by atoms with Gasteiger partial charge in [-0.3, -0.25) is 4.90 Å². The minimum atomic E-state index is -0.953. The summed E-state index contributed by atoms with van der Waals surface area (Å²) in [6.07, 6.45) is 1.81. The minimum absolute atomic E-state index is 0.0194. The van der Waals surface area contributed by atoms with Gasteiger partial charge in [0.1, 0.15) is 18.2 Å². The second-order valence-corrected chi connectivity index (χ2v) is 10.1. The Hall–Kier alpha value is -4.33. The van der Waals surface area contributed by atoms with Crippen molar-refractivity contribution in [2.75, 3.05) is 26.3 Å². The molecule has 2 aromatic carbocycles. The molecule has 4 heterocycles. The lowest BCUT2D eigenvalue weighted by atomic mass is 9.92. The van der Waals surface area contributed by atoms with Crippen molar-refractivity contribution in [3.05, 3.63) is 88.6 Å². The van der Waals surface area contributed by atoms with Crippen molar-refractivity contribution < 1.29 is 23.8 Å². The van der Waals surface area contributed by atoms with E-state index in [4.69, 9.17) is 24.7 Å². The number of aromatic nitrogens is 3. The number of hydrogen-bond donors (Lipinski definition) is 1. The number of piperidine rings is 1. The highest BCUT2D eigenvalue weighted by molar-refractivity contribution is 5.92. The standard InChI is InChI=1S/C30H28FN5O4/c31-23-14-19(16-32)4-5-22(23)17-40-28-3-1-2-24(33-28)20-8-10-35(11-9-20)27-18-39-13-12-36-26-15-21(30(37)38)6-7-25(26)34-29(27)36/h1-7,14-15,20,27H,8-13,17-18H2,(H,37,38). The van der Waals surface area contributed by atoms with E-state index in [9.17, 15) is 14.3 Å². The number of carboxylic acids is 1. The molecule has 1 unspecified atom stereocenters. The Kier molecular flexibility index (Phi) is 7.15. The molecular formula is C30H28FN5O4.